The summed E-state index contributed by atoms with van der Waals surface area (Å²) in [4.78, 5) is 16.2. The van der Waals surface area contributed by atoms with E-state index in [0.29, 0.717) is 0 Å². The monoisotopic (exact) mass is 200 g/mol. The van der Waals surface area contributed by atoms with Crippen molar-refractivity contribution in [1.82, 2.24) is 0 Å². The summed E-state index contributed by atoms with van der Waals surface area (Å²) in [7, 11) is 0. The molecular formula is C12H12N2O. The number of nitrogens with one attached hydrogen (secondary N) is 1. The van der Waals surface area contributed by atoms with Gasteiger partial charge in [-0.25, -0.2) is 0 Å². The van der Waals surface area contributed by atoms with E-state index in [-0.39, 0.29) is 11.8 Å². The van der Waals surface area contributed by atoms with Crippen LogP contribution >= 0.6 is 0 Å². The number of carbonyl (C=O) groups is 1. The van der Waals surface area contributed by atoms with Gasteiger partial charge in [-0.05, 0) is 24.5 Å². The second kappa shape index (κ2) is 3.19. The van der Waals surface area contributed by atoms with Gasteiger partial charge < -0.3 is 5.32 Å². The lowest BCUT2D eigenvalue weighted by atomic mass is 9.94. The Bertz CT molecular complexity index is 451. The summed E-state index contributed by atoms with van der Waals surface area (Å²) in [5.41, 5.74) is 3.09. The summed E-state index contributed by atoms with van der Waals surface area (Å²) in [5, 5.41) is 2.90. The molecule has 0 bridgehead atoms. The van der Waals surface area contributed by atoms with Crippen LogP contribution in [-0.2, 0) is 4.79 Å². The number of benzene rings is 1. The van der Waals surface area contributed by atoms with Crippen molar-refractivity contribution < 1.29 is 4.79 Å². The molecule has 1 N–H and O–H groups in total. The van der Waals surface area contributed by atoms with Crippen LogP contribution in [0.15, 0.2) is 29.3 Å². The van der Waals surface area contributed by atoms with Gasteiger partial charge in [0.1, 0.15) is 5.92 Å². The van der Waals surface area contributed by atoms with E-state index in [1.54, 1.807) is 0 Å². The van der Waals surface area contributed by atoms with Gasteiger partial charge in [0.15, 0.2) is 0 Å². The zero-order valence-corrected chi connectivity index (χ0v) is 8.36. The SMILES string of the molecule is O=C1Nc2ccccc2[C@@H]1C1=NCCC1. The van der Waals surface area contributed by atoms with Crippen LogP contribution in [0.2, 0.25) is 0 Å². The number of amides is 1. The van der Waals surface area contributed by atoms with Crippen molar-refractivity contribution in [1.29, 1.82) is 0 Å². The maximum absolute atomic E-state index is 11.8. The van der Waals surface area contributed by atoms with Gasteiger partial charge in [-0.15, -0.1) is 0 Å². The number of para-hydroxylation sites is 1. The average Bonchev–Trinajstić information content (AvgIpc) is 2.82. The van der Waals surface area contributed by atoms with Crippen LogP contribution in [0.3, 0.4) is 0 Å². The maximum Gasteiger partial charge on any atom is 0.237 e. The highest BCUT2D eigenvalue weighted by molar-refractivity contribution is 6.18. The molecule has 15 heavy (non-hydrogen) atoms. The van der Waals surface area contributed by atoms with Gasteiger partial charge in [0, 0.05) is 17.9 Å². The minimum atomic E-state index is -0.122. The third-order valence-electron chi connectivity index (χ3n) is 3.03. The lowest BCUT2D eigenvalue weighted by Crippen LogP contribution is -2.19. The fourth-order valence-electron chi connectivity index (χ4n) is 2.34. The smallest absolute Gasteiger partial charge is 0.237 e. The van der Waals surface area contributed by atoms with E-state index < -0.39 is 0 Å². The molecule has 2 heterocycles. The molecule has 0 unspecified atom stereocenters. The molecular weight excluding hydrogens is 188 g/mol. The van der Waals surface area contributed by atoms with Gasteiger partial charge in [-0.3, -0.25) is 9.79 Å². The predicted molar refractivity (Wildman–Crippen MR) is 59.3 cm³/mol. The largest absolute Gasteiger partial charge is 0.325 e. The lowest BCUT2D eigenvalue weighted by Gasteiger charge is -2.07. The number of hydrogen-bond donors (Lipinski definition) is 1. The summed E-state index contributed by atoms with van der Waals surface area (Å²) in [6.07, 6.45) is 2.05. The first-order valence-electron chi connectivity index (χ1n) is 5.29. The zero-order chi connectivity index (χ0) is 10.3. The van der Waals surface area contributed by atoms with Crippen molar-refractivity contribution >= 4 is 17.3 Å². The molecule has 76 valence electrons. The standard InChI is InChI=1S/C12H12N2O/c15-12-11(10-6-3-7-13-10)8-4-1-2-5-9(8)14-12/h1-2,4-5,11H,3,6-7H2,(H,14,15)/t11-/m1/s1. The molecule has 2 aliphatic heterocycles. The average molecular weight is 200 g/mol. The first-order chi connectivity index (χ1) is 7.36. The second-order valence-corrected chi connectivity index (χ2v) is 3.99. The number of anilines is 1. The minimum absolute atomic E-state index is 0.0804. The number of rotatable bonds is 1. The van der Waals surface area contributed by atoms with Crippen LogP contribution in [-0.4, -0.2) is 18.2 Å². The van der Waals surface area contributed by atoms with Gasteiger partial charge in [-0.2, -0.15) is 0 Å². The van der Waals surface area contributed by atoms with Crippen molar-refractivity contribution in [2.45, 2.75) is 18.8 Å². The molecule has 0 radical (unpaired) electrons. The molecule has 3 heteroatoms. The number of carbonyl (C=O) groups excluding carboxylic acids is 1. The maximum atomic E-state index is 11.8. The van der Waals surface area contributed by atoms with Crippen molar-refractivity contribution in [3.63, 3.8) is 0 Å². The van der Waals surface area contributed by atoms with E-state index in [1.807, 2.05) is 24.3 Å². The quantitative estimate of drug-likeness (QED) is 0.739. The molecule has 0 aromatic heterocycles. The van der Waals surface area contributed by atoms with E-state index in [4.69, 9.17) is 0 Å². The Labute approximate surface area is 88.2 Å². The zero-order valence-electron chi connectivity index (χ0n) is 8.36. The Hall–Kier alpha value is -1.64. The Morgan fingerprint density at radius 1 is 1.33 bits per heavy atom. The van der Waals surface area contributed by atoms with Crippen LogP contribution in [0.1, 0.15) is 24.3 Å². The van der Waals surface area contributed by atoms with Gasteiger partial charge in [0.05, 0.1) is 0 Å². The molecule has 2 aliphatic rings. The van der Waals surface area contributed by atoms with Gasteiger partial charge in [-0.1, -0.05) is 18.2 Å². The number of hydrogen-bond acceptors (Lipinski definition) is 2. The van der Waals surface area contributed by atoms with Crippen LogP contribution in [0.5, 0.6) is 0 Å². The number of fused-ring (bicyclic) bond motifs is 1. The highest BCUT2D eigenvalue weighted by Gasteiger charge is 2.34. The van der Waals surface area contributed by atoms with E-state index in [0.717, 1.165) is 36.3 Å². The minimum Gasteiger partial charge on any atom is -0.325 e. The Kier molecular flexibility index (Phi) is 1.84. The summed E-state index contributed by atoms with van der Waals surface area (Å²) in [6, 6.07) is 7.88. The first-order valence-corrected chi connectivity index (χ1v) is 5.29. The summed E-state index contributed by atoms with van der Waals surface area (Å²) in [6.45, 7) is 0.876. The summed E-state index contributed by atoms with van der Waals surface area (Å²) in [5.74, 6) is -0.0412. The predicted octanol–water partition coefficient (Wildman–Crippen LogP) is 1.96. The fourth-order valence-corrected chi connectivity index (χ4v) is 2.34. The van der Waals surface area contributed by atoms with Crippen molar-refractivity contribution in [2.75, 3.05) is 11.9 Å². The van der Waals surface area contributed by atoms with Gasteiger partial charge in [0.2, 0.25) is 5.91 Å². The molecule has 0 saturated carbocycles. The Balaban J connectivity index is 2.05. The molecule has 3 nitrogen and oxygen atoms in total. The van der Waals surface area contributed by atoms with Crippen LogP contribution in [0.25, 0.3) is 0 Å². The topological polar surface area (TPSA) is 41.5 Å². The fraction of sp³-hybridized carbons (Fsp3) is 0.333. The van der Waals surface area contributed by atoms with E-state index >= 15 is 0 Å². The van der Waals surface area contributed by atoms with Crippen molar-refractivity contribution in [2.24, 2.45) is 4.99 Å². The lowest BCUT2D eigenvalue weighted by molar-refractivity contribution is -0.115. The van der Waals surface area contributed by atoms with Crippen LogP contribution in [0.4, 0.5) is 5.69 Å². The second-order valence-electron chi connectivity index (χ2n) is 3.99. The third kappa shape index (κ3) is 1.27. The molecule has 0 aliphatic carbocycles. The van der Waals surface area contributed by atoms with Crippen LogP contribution < -0.4 is 5.32 Å². The Morgan fingerprint density at radius 2 is 2.20 bits per heavy atom. The van der Waals surface area contributed by atoms with Gasteiger partial charge in [0.25, 0.3) is 0 Å². The highest BCUT2D eigenvalue weighted by atomic mass is 16.2. The summed E-state index contributed by atoms with van der Waals surface area (Å²) >= 11 is 0. The third-order valence-corrected chi connectivity index (χ3v) is 3.03. The molecule has 1 atom stereocenters. The Morgan fingerprint density at radius 3 is 3.00 bits per heavy atom. The molecule has 1 aromatic carbocycles. The highest BCUT2D eigenvalue weighted by Crippen LogP contribution is 2.35. The molecule has 3 rings (SSSR count). The first kappa shape index (κ1) is 8.65. The van der Waals surface area contributed by atoms with Gasteiger partial charge >= 0.3 is 0 Å². The number of nitrogens with zero attached hydrogens (tertiary/aromatic N) is 1. The van der Waals surface area contributed by atoms with Crippen molar-refractivity contribution in [3.05, 3.63) is 29.8 Å². The molecule has 0 saturated heterocycles. The molecule has 0 fully saturated rings. The van der Waals surface area contributed by atoms with E-state index in [9.17, 15) is 4.79 Å². The normalized spacial score (nSPS) is 23.6. The number of aliphatic imine (C=N–C) groups is 1. The molecule has 1 aromatic rings. The van der Waals surface area contributed by atoms with Crippen molar-refractivity contribution in [3.8, 4) is 0 Å². The molecule has 1 amide bonds. The van der Waals surface area contributed by atoms with Crippen LogP contribution in [0, 0.1) is 0 Å². The molecule has 0 spiro atoms. The van der Waals surface area contributed by atoms with E-state index in [1.165, 1.54) is 0 Å². The summed E-state index contributed by atoms with van der Waals surface area (Å²) < 4.78 is 0. The van der Waals surface area contributed by atoms with E-state index in [2.05, 4.69) is 10.3 Å².